The number of methoxy groups -OCH3 is 1. The van der Waals surface area contributed by atoms with E-state index in [1.54, 1.807) is 18.2 Å². The highest BCUT2D eigenvalue weighted by atomic mass is 35.5. The summed E-state index contributed by atoms with van der Waals surface area (Å²) < 4.78 is 36.3. The summed E-state index contributed by atoms with van der Waals surface area (Å²) in [5.41, 5.74) is 0.631. The molecule has 1 amide bonds. The zero-order valence-corrected chi connectivity index (χ0v) is 20.9. The van der Waals surface area contributed by atoms with E-state index in [1.165, 1.54) is 25.3 Å². The van der Waals surface area contributed by atoms with Crippen LogP contribution in [0.1, 0.15) is 45.6 Å². The average Bonchev–Trinajstić information content (AvgIpc) is 3.51. The molecule has 3 rings (SSSR count). The third-order valence-electron chi connectivity index (χ3n) is 4.95. The van der Waals surface area contributed by atoms with Crippen molar-refractivity contribution in [1.82, 2.24) is 4.90 Å². The summed E-state index contributed by atoms with van der Waals surface area (Å²) in [7, 11) is -2.75. The van der Waals surface area contributed by atoms with Crippen LogP contribution in [-0.4, -0.2) is 32.4 Å². The summed E-state index contributed by atoms with van der Waals surface area (Å²) in [4.78, 5) is 14.6. The van der Waals surface area contributed by atoms with E-state index in [4.69, 9.17) is 32.1 Å². The van der Waals surface area contributed by atoms with Crippen LogP contribution >= 0.6 is 23.2 Å². The van der Waals surface area contributed by atoms with E-state index in [2.05, 4.69) is 0 Å². The second-order valence-electron chi connectivity index (χ2n) is 9.09. The van der Waals surface area contributed by atoms with E-state index in [0.29, 0.717) is 13.0 Å². The van der Waals surface area contributed by atoms with Gasteiger partial charge in [0.15, 0.2) is 11.5 Å². The third kappa shape index (κ3) is 6.30. The van der Waals surface area contributed by atoms with Gasteiger partial charge in [-0.05, 0) is 54.2 Å². The topological polar surface area (TPSA) is 72.9 Å². The summed E-state index contributed by atoms with van der Waals surface area (Å²) >= 11 is 11.8. The van der Waals surface area contributed by atoms with Crippen molar-refractivity contribution in [3.63, 3.8) is 0 Å². The molecule has 0 heterocycles. The first kappa shape index (κ1) is 24.7. The molecule has 0 saturated heterocycles. The van der Waals surface area contributed by atoms with Gasteiger partial charge >= 0.3 is 10.1 Å². The fraction of sp³-hybridized carbons (Fsp3) is 0.435. The molecule has 32 heavy (non-hydrogen) atoms. The maximum atomic E-state index is 12.9. The van der Waals surface area contributed by atoms with Crippen molar-refractivity contribution in [3.05, 3.63) is 52.0 Å². The maximum absolute atomic E-state index is 12.9. The lowest BCUT2D eigenvalue weighted by Crippen LogP contribution is -2.34. The molecule has 0 bridgehead atoms. The number of halogens is 2. The van der Waals surface area contributed by atoms with Crippen LogP contribution < -0.4 is 8.92 Å². The Labute approximate surface area is 199 Å². The standard InChI is InChI=1S/C23H27Cl2NO5S/c1-23(2,3)13-22(27)26(16-6-7-16)14-15-5-10-20(30-4)21(11-15)31-32(28,29)17-8-9-18(24)19(25)12-17/h5,8-12,16H,6-7,13-14H2,1-4H3. The highest BCUT2D eigenvalue weighted by molar-refractivity contribution is 7.87. The summed E-state index contributed by atoms with van der Waals surface area (Å²) in [5.74, 6) is 0.383. The summed E-state index contributed by atoms with van der Waals surface area (Å²) in [6.07, 6.45) is 2.39. The van der Waals surface area contributed by atoms with E-state index >= 15 is 0 Å². The van der Waals surface area contributed by atoms with E-state index in [0.717, 1.165) is 18.4 Å². The molecule has 0 N–H and O–H groups in total. The second kappa shape index (κ2) is 9.49. The Kier molecular flexibility index (Phi) is 7.32. The monoisotopic (exact) mass is 499 g/mol. The Morgan fingerprint density at radius 3 is 2.31 bits per heavy atom. The van der Waals surface area contributed by atoms with Crippen LogP contribution in [-0.2, 0) is 21.5 Å². The lowest BCUT2D eigenvalue weighted by Gasteiger charge is -2.27. The van der Waals surface area contributed by atoms with Crippen LogP contribution in [0.2, 0.25) is 10.0 Å². The second-order valence-corrected chi connectivity index (χ2v) is 11.4. The van der Waals surface area contributed by atoms with Gasteiger partial charge in [0.05, 0.1) is 17.2 Å². The molecule has 9 heteroatoms. The van der Waals surface area contributed by atoms with Gasteiger partial charge in [-0.15, -0.1) is 0 Å². The maximum Gasteiger partial charge on any atom is 0.339 e. The first-order chi connectivity index (χ1) is 14.9. The highest BCUT2D eigenvalue weighted by Gasteiger charge is 2.34. The molecule has 1 aliphatic rings. The van der Waals surface area contributed by atoms with Crippen molar-refractivity contribution in [2.24, 2.45) is 5.41 Å². The average molecular weight is 500 g/mol. The van der Waals surface area contributed by atoms with Crippen LogP contribution in [0.5, 0.6) is 11.5 Å². The number of amides is 1. The summed E-state index contributed by atoms with van der Waals surface area (Å²) in [6.45, 7) is 6.46. The van der Waals surface area contributed by atoms with E-state index in [9.17, 15) is 13.2 Å². The number of hydrogen-bond donors (Lipinski definition) is 0. The predicted octanol–water partition coefficient (Wildman–Crippen LogP) is 5.70. The SMILES string of the molecule is COc1ccc(CN(C(=O)CC(C)(C)C)C2CC2)cc1OS(=O)(=O)c1ccc(Cl)c(Cl)c1. The Morgan fingerprint density at radius 2 is 1.75 bits per heavy atom. The molecule has 2 aromatic carbocycles. The molecule has 0 aromatic heterocycles. The molecule has 0 spiro atoms. The van der Waals surface area contributed by atoms with Gasteiger partial charge in [0.1, 0.15) is 4.90 Å². The van der Waals surface area contributed by atoms with E-state index < -0.39 is 10.1 Å². The summed E-state index contributed by atoms with van der Waals surface area (Å²) in [5, 5.41) is 0.347. The van der Waals surface area contributed by atoms with E-state index in [1.807, 2.05) is 25.7 Å². The quantitative estimate of drug-likeness (QED) is 0.435. The van der Waals surface area contributed by atoms with Crippen LogP contribution in [0.15, 0.2) is 41.3 Å². The Hall–Kier alpha value is -1.96. The number of rotatable bonds is 8. The number of nitrogens with zero attached hydrogens (tertiary/aromatic N) is 1. The van der Waals surface area contributed by atoms with Crippen molar-refractivity contribution in [2.45, 2.75) is 57.5 Å². The Bertz CT molecular complexity index is 1110. The number of ether oxygens (including phenoxy) is 1. The normalized spacial score (nSPS) is 14.2. The molecule has 2 aromatic rings. The molecule has 174 valence electrons. The highest BCUT2D eigenvalue weighted by Crippen LogP contribution is 2.35. The van der Waals surface area contributed by atoms with Gasteiger partial charge in [0.2, 0.25) is 5.91 Å². The van der Waals surface area contributed by atoms with Crippen molar-refractivity contribution in [1.29, 1.82) is 0 Å². The molecule has 1 saturated carbocycles. The number of benzene rings is 2. The molecule has 1 aliphatic carbocycles. The minimum atomic E-state index is -4.18. The van der Waals surface area contributed by atoms with Crippen LogP contribution in [0, 0.1) is 5.41 Å². The van der Waals surface area contributed by atoms with Gasteiger partial charge in [0.25, 0.3) is 0 Å². The van der Waals surface area contributed by atoms with Crippen molar-refractivity contribution < 1.29 is 22.1 Å². The van der Waals surface area contributed by atoms with Crippen molar-refractivity contribution >= 4 is 39.2 Å². The molecular formula is C23H27Cl2NO5S. The number of carbonyl (C=O) groups is 1. The molecular weight excluding hydrogens is 473 g/mol. The number of carbonyl (C=O) groups excluding carboxylic acids is 1. The first-order valence-electron chi connectivity index (χ1n) is 10.3. The smallest absolute Gasteiger partial charge is 0.339 e. The van der Waals surface area contributed by atoms with Gasteiger partial charge in [-0.1, -0.05) is 50.0 Å². The van der Waals surface area contributed by atoms with Crippen molar-refractivity contribution in [3.8, 4) is 11.5 Å². The zero-order valence-electron chi connectivity index (χ0n) is 18.5. The van der Waals surface area contributed by atoms with Gasteiger partial charge in [0, 0.05) is 19.0 Å². The first-order valence-corrected chi connectivity index (χ1v) is 12.4. The van der Waals surface area contributed by atoms with Crippen molar-refractivity contribution in [2.75, 3.05) is 7.11 Å². The fourth-order valence-electron chi connectivity index (χ4n) is 3.24. The van der Waals surface area contributed by atoms with Crippen LogP contribution in [0.4, 0.5) is 0 Å². The Balaban J connectivity index is 1.86. The zero-order chi connectivity index (χ0) is 23.7. The minimum absolute atomic E-state index is 0.0371. The Morgan fingerprint density at radius 1 is 1.06 bits per heavy atom. The third-order valence-corrected chi connectivity index (χ3v) is 6.92. The molecule has 1 fully saturated rings. The minimum Gasteiger partial charge on any atom is -0.493 e. The lowest BCUT2D eigenvalue weighted by molar-refractivity contribution is -0.134. The van der Waals surface area contributed by atoms with E-state index in [-0.39, 0.29) is 43.8 Å². The largest absolute Gasteiger partial charge is 0.493 e. The van der Waals surface area contributed by atoms with Gasteiger partial charge in [-0.25, -0.2) is 0 Å². The lowest BCUT2D eigenvalue weighted by atomic mass is 9.91. The summed E-state index contributed by atoms with van der Waals surface area (Å²) in [6, 6.07) is 9.19. The molecule has 0 radical (unpaired) electrons. The molecule has 0 unspecified atom stereocenters. The van der Waals surface area contributed by atoms with Crippen LogP contribution in [0.3, 0.4) is 0 Å². The molecule has 0 aliphatic heterocycles. The molecule has 0 atom stereocenters. The predicted molar refractivity (Wildman–Crippen MR) is 125 cm³/mol. The van der Waals surface area contributed by atoms with Gasteiger partial charge < -0.3 is 13.8 Å². The number of hydrogen-bond acceptors (Lipinski definition) is 5. The van der Waals surface area contributed by atoms with Gasteiger partial charge in [-0.3, -0.25) is 4.79 Å². The van der Waals surface area contributed by atoms with Crippen LogP contribution in [0.25, 0.3) is 0 Å². The van der Waals surface area contributed by atoms with Gasteiger partial charge in [-0.2, -0.15) is 8.42 Å². The fourth-order valence-corrected chi connectivity index (χ4v) is 4.56. The molecule has 6 nitrogen and oxygen atoms in total.